The van der Waals surface area contributed by atoms with Crippen LogP contribution in [0.3, 0.4) is 0 Å². The van der Waals surface area contributed by atoms with Crippen LogP contribution in [0.5, 0.6) is 5.75 Å². The lowest BCUT2D eigenvalue weighted by atomic mass is 10.1. The Kier molecular flexibility index (Phi) is 3.67. The van der Waals surface area contributed by atoms with E-state index in [4.69, 9.17) is 10.5 Å². The molecule has 2 aromatic rings. The Morgan fingerprint density at radius 1 is 1.24 bits per heavy atom. The number of benzene rings is 1. The fraction of sp³-hybridized carbons (Fsp3) is 0.231. The summed E-state index contributed by atoms with van der Waals surface area (Å²) >= 11 is 0. The molecule has 0 fully saturated rings. The van der Waals surface area contributed by atoms with Gasteiger partial charge in [-0.25, -0.2) is 9.97 Å². The van der Waals surface area contributed by atoms with Gasteiger partial charge in [0.2, 0.25) is 0 Å². The fourth-order valence-electron chi connectivity index (χ4n) is 1.50. The molecule has 0 radical (unpaired) electrons. The molecule has 88 valence electrons. The molecule has 2 rings (SSSR count). The summed E-state index contributed by atoms with van der Waals surface area (Å²) in [5.74, 6) is 1.35. The maximum absolute atomic E-state index is 5.35. The highest BCUT2D eigenvalue weighted by atomic mass is 16.5. The van der Waals surface area contributed by atoms with Crippen LogP contribution < -0.4 is 10.5 Å². The van der Waals surface area contributed by atoms with E-state index in [0.29, 0.717) is 24.7 Å². The van der Waals surface area contributed by atoms with Gasteiger partial charge in [-0.2, -0.15) is 0 Å². The van der Waals surface area contributed by atoms with Crippen LogP contribution in [0.4, 0.5) is 0 Å². The second-order valence-corrected chi connectivity index (χ2v) is 3.75. The molecule has 4 nitrogen and oxygen atoms in total. The predicted molar refractivity (Wildman–Crippen MR) is 66.8 cm³/mol. The molecule has 17 heavy (non-hydrogen) atoms. The van der Waals surface area contributed by atoms with Crippen molar-refractivity contribution in [3.63, 3.8) is 0 Å². The van der Waals surface area contributed by atoms with Crippen LogP contribution in [0.25, 0.3) is 11.4 Å². The van der Waals surface area contributed by atoms with E-state index >= 15 is 0 Å². The number of nitrogens with two attached hydrogens (primary N) is 1. The van der Waals surface area contributed by atoms with Gasteiger partial charge in [-0.3, -0.25) is 0 Å². The smallest absolute Gasteiger partial charge is 0.159 e. The molecule has 1 aromatic heterocycles. The first-order valence-corrected chi connectivity index (χ1v) is 5.51. The van der Waals surface area contributed by atoms with Crippen molar-refractivity contribution >= 4 is 0 Å². The van der Waals surface area contributed by atoms with Crippen molar-refractivity contribution < 1.29 is 4.74 Å². The van der Waals surface area contributed by atoms with Gasteiger partial charge >= 0.3 is 0 Å². The SMILES string of the molecule is Cc1cccc(-c2ncc(OCCN)cn2)c1. The van der Waals surface area contributed by atoms with E-state index < -0.39 is 0 Å². The first-order chi connectivity index (χ1) is 8.29. The number of ether oxygens (including phenoxy) is 1. The lowest BCUT2D eigenvalue weighted by Crippen LogP contribution is -2.10. The van der Waals surface area contributed by atoms with Crippen molar-refractivity contribution in [2.24, 2.45) is 5.73 Å². The minimum Gasteiger partial charge on any atom is -0.489 e. The Labute approximate surface area is 100 Å². The molecule has 0 bridgehead atoms. The second-order valence-electron chi connectivity index (χ2n) is 3.75. The van der Waals surface area contributed by atoms with Crippen LogP contribution in [-0.4, -0.2) is 23.1 Å². The van der Waals surface area contributed by atoms with Crippen molar-refractivity contribution in [2.75, 3.05) is 13.2 Å². The Hall–Kier alpha value is -1.94. The number of nitrogens with zero attached hydrogens (tertiary/aromatic N) is 2. The molecule has 4 heteroatoms. The lowest BCUT2D eigenvalue weighted by molar-refractivity contribution is 0.325. The molecule has 0 aliphatic carbocycles. The van der Waals surface area contributed by atoms with Crippen molar-refractivity contribution in [1.29, 1.82) is 0 Å². The molecule has 0 saturated heterocycles. The van der Waals surface area contributed by atoms with E-state index in [9.17, 15) is 0 Å². The zero-order valence-electron chi connectivity index (χ0n) is 9.76. The van der Waals surface area contributed by atoms with Crippen LogP contribution >= 0.6 is 0 Å². The minimum atomic E-state index is 0.479. The number of hydrogen-bond acceptors (Lipinski definition) is 4. The summed E-state index contributed by atoms with van der Waals surface area (Å²) in [4.78, 5) is 8.53. The molecule has 2 N–H and O–H groups in total. The van der Waals surface area contributed by atoms with Crippen LogP contribution in [0.15, 0.2) is 36.7 Å². The zero-order valence-corrected chi connectivity index (χ0v) is 9.76. The quantitative estimate of drug-likeness (QED) is 0.868. The summed E-state index contributed by atoms with van der Waals surface area (Å²) in [6.45, 7) is 3.01. The van der Waals surface area contributed by atoms with Gasteiger partial charge in [-0.05, 0) is 13.0 Å². The topological polar surface area (TPSA) is 61.0 Å². The van der Waals surface area contributed by atoms with Gasteiger partial charge in [-0.1, -0.05) is 23.8 Å². The largest absolute Gasteiger partial charge is 0.489 e. The fourth-order valence-corrected chi connectivity index (χ4v) is 1.50. The third-order valence-electron chi connectivity index (χ3n) is 2.29. The van der Waals surface area contributed by atoms with E-state index in [1.807, 2.05) is 25.1 Å². The third-order valence-corrected chi connectivity index (χ3v) is 2.29. The van der Waals surface area contributed by atoms with Crippen molar-refractivity contribution in [2.45, 2.75) is 6.92 Å². The summed E-state index contributed by atoms with van der Waals surface area (Å²) in [7, 11) is 0. The summed E-state index contributed by atoms with van der Waals surface area (Å²) in [5.41, 5.74) is 7.55. The van der Waals surface area contributed by atoms with E-state index in [2.05, 4.69) is 16.0 Å². The average molecular weight is 229 g/mol. The van der Waals surface area contributed by atoms with E-state index in [1.165, 1.54) is 5.56 Å². The molecule has 0 aliphatic rings. The monoisotopic (exact) mass is 229 g/mol. The van der Waals surface area contributed by atoms with Crippen LogP contribution in [0.2, 0.25) is 0 Å². The minimum absolute atomic E-state index is 0.479. The van der Waals surface area contributed by atoms with Crippen molar-refractivity contribution in [3.8, 4) is 17.1 Å². The maximum atomic E-state index is 5.35. The molecule has 0 unspecified atom stereocenters. The predicted octanol–water partition coefficient (Wildman–Crippen LogP) is 1.79. The lowest BCUT2D eigenvalue weighted by Gasteiger charge is -2.04. The first kappa shape index (κ1) is 11.5. The number of hydrogen-bond donors (Lipinski definition) is 1. The summed E-state index contributed by atoms with van der Waals surface area (Å²) < 4.78 is 5.32. The Morgan fingerprint density at radius 3 is 2.65 bits per heavy atom. The van der Waals surface area contributed by atoms with E-state index in [1.54, 1.807) is 12.4 Å². The van der Waals surface area contributed by atoms with Gasteiger partial charge in [0.15, 0.2) is 11.6 Å². The normalized spacial score (nSPS) is 10.2. The van der Waals surface area contributed by atoms with Crippen LogP contribution in [0, 0.1) is 6.92 Å². The van der Waals surface area contributed by atoms with Crippen molar-refractivity contribution in [3.05, 3.63) is 42.2 Å². The molecule has 0 atom stereocenters. The molecule has 1 heterocycles. The van der Waals surface area contributed by atoms with Crippen LogP contribution in [0.1, 0.15) is 5.56 Å². The molecule has 0 aliphatic heterocycles. The van der Waals surface area contributed by atoms with Gasteiger partial charge < -0.3 is 10.5 Å². The van der Waals surface area contributed by atoms with Gasteiger partial charge in [0, 0.05) is 12.1 Å². The molecule has 1 aromatic carbocycles. The molecular formula is C13H15N3O. The summed E-state index contributed by atoms with van der Waals surface area (Å²) in [5, 5.41) is 0. The molecule has 0 amide bonds. The number of aromatic nitrogens is 2. The maximum Gasteiger partial charge on any atom is 0.159 e. The average Bonchev–Trinajstić information content (AvgIpc) is 2.37. The number of rotatable bonds is 4. The Morgan fingerprint density at radius 2 is 2.00 bits per heavy atom. The van der Waals surface area contributed by atoms with Gasteiger partial charge in [-0.15, -0.1) is 0 Å². The Balaban J connectivity index is 2.17. The zero-order chi connectivity index (χ0) is 12.1. The third kappa shape index (κ3) is 3.01. The van der Waals surface area contributed by atoms with Crippen molar-refractivity contribution in [1.82, 2.24) is 9.97 Å². The number of aryl methyl sites for hydroxylation is 1. The highest BCUT2D eigenvalue weighted by Crippen LogP contribution is 2.17. The highest BCUT2D eigenvalue weighted by Gasteiger charge is 2.01. The van der Waals surface area contributed by atoms with Gasteiger partial charge in [0.25, 0.3) is 0 Å². The second kappa shape index (κ2) is 5.41. The highest BCUT2D eigenvalue weighted by molar-refractivity contribution is 5.55. The molecule has 0 spiro atoms. The molecular weight excluding hydrogens is 214 g/mol. The van der Waals surface area contributed by atoms with E-state index in [0.717, 1.165) is 5.56 Å². The van der Waals surface area contributed by atoms with Gasteiger partial charge in [0.05, 0.1) is 12.4 Å². The summed E-state index contributed by atoms with van der Waals surface area (Å²) in [6.07, 6.45) is 3.33. The molecule has 0 saturated carbocycles. The van der Waals surface area contributed by atoms with Crippen LogP contribution in [-0.2, 0) is 0 Å². The van der Waals surface area contributed by atoms with Gasteiger partial charge in [0.1, 0.15) is 6.61 Å². The summed E-state index contributed by atoms with van der Waals surface area (Å²) in [6, 6.07) is 8.08. The Bertz CT molecular complexity index is 482. The van der Waals surface area contributed by atoms with E-state index in [-0.39, 0.29) is 0 Å². The first-order valence-electron chi connectivity index (χ1n) is 5.51. The standard InChI is InChI=1S/C13H15N3O/c1-10-3-2-4-11(7-10)13-15-8-12(9-16-13)17-6-5-14/h2-4,7-9H,5-6,14H2,1H3.